The molecule has 0 atom stereocenters. The summed E-state index contributed by atoms with van der Waals surface area (Å²) in [5.41, 5.74) is 7.21. The minimum Gasteiger partial charge on any atom is -0.399 e. The molecule has 2 N–H and O–H groups in total. The molecular formula is C12H17ClF2N2O. The monoisotopic (exact) mass is 278 g/mol. The molecule has 0 heterocycles. The van der Waals surface area contributed by atoms with Gasteiger partial charge < -0.3 is 10.6 Å². The molecule has 0 radical (unpaired) electrons. The summed E-state index contributed by atoms with van der Waals surface area (Å²) in [6.07, 6.45) is -1.83. The van der Waals surface area contributed by atoms with Crippen molar-refractivity contribution in [2.24, 2.45) is 0 Å². The summed E-state index contributed by atoms with van der Waals surface area (Å²) in [6, 6.07) is 7.22. The van der Waals surface area contributed by atoms with E-state index in [1.165, 1.54) is 7.05 Å². The topological polar surface area (TPSA) is 46.3 Å². The Balaban J connectivity index is 0.00000289. The first kappa shape index (κ1) is 16.6. The second-order valence-electron chi connectivity index (χ2n) is 3.86. The first-order valence-electron chi connectivity index (χ1n) is 5.36. The fourth-order valence-electron chi connectivity index (χ4n) is 1.50. The minimum absolute atomic E-state index is 0. The molecular weight excluding hydrogens is 262 g/mol. The number of hydrogen-bond donors (Lipinski definition) is 1. The van der Waals surface area contributed by atoms with Crippen LogP contribution in [0.15, 0.2) is 24.3 Å². The van der Waals surface area contributed by atoms with Crippen LogP contribution in [-0.2, 0) is 11.2 Å². The first-order valence-corrected chi connectivity index (χ1v) is 5.36. The van der Waals surface area contributed by atoms with Crippen molar-refractivity contribution in [3.63, 3.8) is 0 Å². The number of alkyl halides is 2. The quantitative estimate of drug-likeness (QED) is 0.841. The van der Waals surface area contributed by atoms with Crippen LogP contribution < -0.4 is 5.73 Å². The number of nitrogen functional groups attached to an aromatic ring is 1. The van der Waals surface area contributed by atoms with Crippen LogP contribution in [0.3, 0.4) is 0 Å². The van der Waals surface area contributed by atoms with Gasteiger partial charge in [-0.25, -0.2) is 8.78 Å². The number of halogens is 3. The molecule has 1 rings (SSSR count). The van der Waals surface area contributed by atoms with E-state index in [-0.39, 0.29) is 24.7 Å². The van der Waals surface area contributed by atoms with Gasteiger partial charge in [0.2, 0.25) is 5.91 Å². The van der Waals surface area contributed by atoms with Crippen molar-refractivity contribution in [1.82, 2.24) is 4.90 Å². The minimum atomic E-state index is -2.49. The van der Waals surface area contributed by atoms with Crippen LogP contribution in [-0.4, -0.2) is 30.8 Å². The molecule has 0 bridgehead atoms. The number of carbonyl (C=O) groups is 1. The van der Waals surface area contributed by atoms with Crippen LogP contribution in [0.25, 0.3) is 0 Å². The first-order chi connectivity index (χ1) is 8.00. The number of nitrogens with two attached hydrogens (primary N) is 1. The lowest BCUT2D eigenvalue weighted by atomic mass is 10.1. The van der Waals surface area contributed by atoms with E-state index in [0.29, 0.717) is 12.1 Å². The zero-order valence-electron chi connectivity index (χ0n) is 10.1. The molecule has 1 aromatic rings. The highest BCUT2D eigenvalue weighted by atomic mass is 35.5. The molecule has 1 amide bonds. The average molecular weight is 279 g/mol. The molecule has 1 aromatic carbocycles. The smallest absolute Gasteiger partial charge is 0.255 e. The number of carbonyl (C=O) groups excluding carboxylic acids is 1. The summed E-state index contributed by atoms with van der Waals surface area (Å²) in [5.74, 6) is -0.298. The number of nitrogens with zero attached hydrogens (tertiary/aromatic N) is 1. The Morgan fingerprint density at radius 1 is 1.39 bits per heavy atom. The summed E-state index contributed by atoms with van der Waals surface area (Å²) in [5, 5.41) is 0. The van der Waals surface area contributed by atoms with Gasteiger partial charge in [-0.05, 0) is 18.1 Å². The van der Waals surface area contributed by atoms with Gasteiger partial charge in [-0.3, -0.25) is 4.79 Å². The van der Waals surface area contributed by atoms with Crippen LogP contribution in [0.4, 0.5) is 14.5 Å². The highest BCUT2D eigenvalue weighted by Gasteiger charge is 2.13. The van der Waals surface area contributed by atoms with Crippen molar-refractivity contribution in [2.75, 3.05) is 19.3 Å². The maximum Gasteiger partial charge on any atom is 0.255 e. The molecule has 0 spiro atoms. The Morgan fingerprint density at radius 2 is 2.00 bits per heavy atom. The Kier molecular flexibility index (Phi) is 7.27. The average Bonchev–Trinajstić information content (AvgIpc) is 2.26. The van der Waals surface area contributed by atoms with Gasteiger partial charge in [0.25, 0.3) is 6.43 Å². The number of benzene rings is 1. The third kappa shape index (κ3) is 5.31. The van der Waals surface area contributed by atoms with Crippen LogP contribution in [0.1, 0.15) is 12.0 Å². The fourth-order valence-corrected chi connectivity index (χ4v) is 1.50. The Bertz CT molecular complexity index is 388. The molecule has 0 saturated heterocycles. The van der Waals surface area contributed by atoms with E-state index in [9.17, 15) is 13.6 Å². The molecule has 0 saturated carbocycles. The molecule has 0 aliphatic rings. The summed E-state index contributed by atoms with van der Waals surface area (Å²) in [7, 11) is 1.38. The molecule has 0 fully saturated rings. The van der Waals surface area contributed by atoms with E-state index in [1.54, 1.807) is 6.07 Å². The van der Waals surface area contributed by atoms with Gasteiger partial charge in [0.05, 0.1) is 6.54 Å². The number of amides is 1. The van der Waals surface area contributed by atoms with E-state index in [2.05, 4.69) is 0 Å². The van der Waals surface area contributed by atoms with Crippen LogP contribution >= 0.6 is 12.4 Å². The maximum absolute atomic E-state index is 12.1. The second kappa shape index (κ2) is 7.87. The predicted octanol–water partition coefficient (Wildman–Crippen LogP) is 2.35. The fraction of sp³-hybridized carbons (Fsp3) is 0.417. The normalized spacial score (nSPS) is 10.0. The van der Waals surface area contributed by atoms with Crippen LogP contribution in [0.5, 0.6) is 0 Å². The summed E-state index contributed by atoms with van der Waals surface area (Å²) in [4.78, 5) is 12.6. The number of para-hydroxylation sites is 1. The van der Waals surface area contributed by atoms with Gasteiger partial charge in [0, 0.05) is 19.2 Å². The molecule has 18 heavy (non-hydrogen) atoms. The van der Waals surface area contributed by atoms with E-state index < -0.39 is 13.0 Å². The van der Waals surface area contributed by atoms with E-state index in [0.717, 1.165) is 10.5 Å². The summed E-state index contributed by atoms with van der Waals surface area (Å²) < 4.78 is 24.1. The number of rotatable bonds is 5. The molecule has 0 aromatic heterocycles. The molecule has 6 heteroatoms. The van der Waals surface area contributed by atoms with Crippen molar-refractivity contribution in [3.8, 4) is 0 Å². The SMILES string of the molecule is CN(CC(F)F)C(=O)CCc1ccccc1N.Cl. The van der Waals surface area contributed by atoms with E-state index in [1.807, 2.05) is 18.2 Å². The van der Waals surface area contributed by atoms with Gasteiger partial charge >= 0.3 is 0 Å². The molecule has 0 aliphatic heterocycles. The molecule has 102 valence electrons. The van der Waals surface area contributed by atoms with Crippen molar-refractivity contribution in [2.45, 2.75) is 19.3 Å². The van der Waals surface area contributed by atoms with Crippen molar-refractivity contribution in [1.29, 1.82) is 0 Å². The highest BCUT2D eigenvalue weighted by molar-refractivity contribution is 5.85. The lowest BCUT2D eigenvalue weighted by Crippen LogP contribution is -2.31. The van der Waals surface area contributed by atoms with Crippen LogP contribution in [0, 0.1) is 0 Å². The van der Waals surface area contributed by atoms with E-state index in [4.69, 9.17) is 5.73 Å². The number of aryl methyl sites for hydroxylation is 1. The lowest BCUT2D eigenvalue weighted by Gasteiger charge is -2.16. The number of hydrogen-bond acceptors (Lipinski definition) is 2. The van der Waals surface area contributed by atoms with Crippen molar-refractivity contribution < 1.29 is 13.6 Å². The number of anilines is 1. The Morgan fingerprint density at radius 3 is 2.56 bits per heavy atom. The summed E-state index contributed by atoms with van der Waals surface area (Å²) in [6.45, 7) is -0.525. The zero-order valence-corrected chi connectivity index (χ0v) is 10.9. The van der Waals surface area contributed by atoms with Gasteiger partial charge in [0.1, 0.15) is 0 Å². The van der Waals surface area contributed by atoms with Crippen molar-refractivity contribution in [3.05, 3.63) is 29.8 Å². The summed E-state index contributed by atoms with van der Waals surface area (Å²) >= 11 is 0. The third-order valence-electron chi connectivity index (χ3n) is 2.50. The van der Waals surface area contributed by atoms with Gasteiger partial charge in [-0.15, -0.1) is 12.4 Å². The third-order valence-corrected chi connectivity index (χ3v) is 2.50. The van der Waals surface area contributed by atoms with E-state index >= 15 is 0 Å². The second-order valence-corrected chi connectivity index (χ2v) is 3.86. The van der Waals surface area contributed by atoms with Gasteiger partial charge in [-0.1, -0.05) is 18.2 Å². The van der Waals surface area contributed by atoms with Crippen LogP contribution in [0.2, 0.25) is 0 Å². The highest BCUT2D eigenvalue weighted by Crippen LogP contribution is 2.13. The lowest BCUT2D eigenvalue weighted by molar-refractivity contribution is -0.131. The van der Waals surface area contributed by atoms with Gasteiger partial charge in [0.15, 0.2) is 0 Å². The molecule has 3 nitrogen and oxygen atoms in total. The largest absolute Gasteiger partial charge is 0.399 e. The Hall–Kier alpha value is -1.36. The predicted molar refractivity (Wildman–Crippen MR) is 70.1 cm³/mol. The standard InChI is InChI=1S/C12H16F2N2O.ClH/c1-16(8-11(13)14)12(17)7-6-9-4-2-3-5-10(9)15;/h2-5,11H,6-8,15H2,1H3;1H. The zero-order chi connectivity index (χ0) is 12.8. The van der Waals surface area contributed by atoms with Gasteiger partial charge in [-0.2, -0.15) is 0 Å². The maximum atomic E-state index is 12.1. The Labute approximate surface area is 111 Å². The van der Waals surface area contributed by atoms with Crippen molar-refractivity contribution >= 4 is 24.0 Å². The molecule has 0 unspecified atom stereocenters. The molecule has 0 aliphatic carbocycles.